The van der Waals surface area contributed by atoms with Crippen molar-refractivity contribution in [3.8, 4) is 0 Å². The van der Waals surface area contributed by atoms with Gasteiger partial charge < -0.3 is 10.6 Å². The Hall–Kier alpha value is -2.92. The lowest BCUT2D eigenvalue weighted by molar-refractivity contribution is 0.470. The number of hydrogen-bond donors (Lipinski definition) is 3. The summed E-state index contributed by atoms with van der Waals surface area (Å²) in [5.41, 5.74) is 2.40. The van der Waals surface area contributed by atoms with Gasteiger partial charge in [-0.2, -0.15) is 0 Å². The van der Waals surface area contributed by atoms with Gasteiger partial charge in [-0.25, -0.2) is 9.97 Å². The molecule has 0 saturated heterocycles. The average Bonchev–Trinajstić information content (AvgIpc) is 2.96. The molecule has 1 aliphatic heterocycles. The summed E-state index contributed by atoms with van der Waals surface area (Å²) >= 11 is 0. The first-order chi connectivity index (χ1) is 11.4. The van der Waals surface area contributed by atoms with Gasteiger partial charge in [-0.1, -0.05) is 36.4 Å². The predicted molar refractivity (Wildman–Crippen MR) is 90.7 cm³/mol. The van der Waals surface area contributed by atoms with Gasteiger partial charge in [-0.3, -0.25) is 5.32 Å². The molecule has 5 nitrogen and oxygen atoms in total. The van der Waals surface area contributed by atoms with E-state index in [4.69, 9.17) is 0 Å². The first-order valence-electron chi connectivity index (χ1n) is 7.58. The fourth-order valence-electron chi connectivity index (χ4n) is 2.88. The fourth-order valence-corrected chi connectivity index (χ4v) is 2.88. The van der Waals surface area contributed by atoms with Crippen LogP contribution in [0.15, 0.2) is 73.1 Å². The zero-order valence-electron chi connectivity index (χ0n) is 12.5. The van der Waals surface area contributed by atoms with Crippen LogP contribution in [0.5, 0.6) is 0 Å². The molecule has 0 amide bonds. The molecule has 0 spiro atoms. The normalized spacial score (nSPS) is 15.0. The van der Waals surface area contributed by atoms with Crippen LogP contribution < -0.4 is 16.0 Å². The summed E-state index contributed by atoms with van der Waals surface area (Å²) in [6.45, 7) is 0.774. The standard InChI is InChI=1S/C18H17N5/c1-2-8-15-14(7-1)13-21-18(15,22-16-9-3-5-11-19-16)23-17-10-4-6-12-20-17/h1-12,21H,13H2,(H,19,22)(H,20,23). The Bertz CT molecular complexity index is 747. The summed E-state index contributed by atoms with van der Waals surface area (Å²) in [4.78, 5) is 8.78. The van der Waals surface area contributed by atoms with Gasteiger partial charge in [0.1, 0.15) is 11.6 Å². The molecule has 0 fully saturated rings. The van der Waals surface area contributed by atoms with Gasteiger partial charge in [0.15, 0.2) is 5.79 Å². The van der Waals surface area contributed by atoms with E-state index in [0.29, 0.717) is 0 Å². The van der Waals surface area contributed by atoms with Crippen LogP contribution >= 0.6 is 0 Å². The van der Waals surface area contributed by atoms with Gasteiger partial charge in [-0.05, 0) is 29.8 Å². The molecule has 0 radical (unpaired) electrons. The highest BCUT2D eigenvalue weighted by molar-refractivity contribution is 5.53. The van der Waals surface area contributed by atoms with Gasteiger partial charge in [-0.15, -0.1) is 0 Å². The van der Waals surface area contributed by atoms with Crippen LogP contribution in [0.4, 0.5) is 11.6 Å². The third kappa shape index (κ3) is 2.62. The molecule has 3 heterocycles. The van der Waals surface area contributed by atoms with Crippen molar-refractivity contribution in [2.24, 2.45) is 0 Å². The number of rotatable bonds is 4. The van der Waals surface area contributed by atoms with Crippen molar-refractivity contribution in [3.05, 3.63) is 84.2 Å². The van der Waals surface area contributed by atoms with Crippen LogP contribution in [-0.4, -0.2) is 9.97 Å². The van der Waals surface area contributed by atoms with E-state index < -0.39 is 5.79 Å². The minimum absolute atomic E-state index is 0.640. The van der Waals surface area contributed by atoms with Crippen molar-refractivity contribution >= 4 is 11.6 Å². The average molecular weight is 303 g/mol. The molecule has 0 bridgehead atoms. The predicted octanol–water partition coefficient (Wildman–Crippen LogP) is 2.91. The van der Waals surface area contributed by atoms with Crippen LogP contribution in [0.25, 0.3) is 0 Å². The fraction of sp³-hybridized carbons (Fsp3) is 0.111. The molecule has 1 aromatic carbocycles. The van der Waals surface area contributed by atoms with Crippen molar-refractivity contribution < 1.29 is 0 Å². The van der Waals surface area contributed by atoms with Crippen LogP contribution in [0.2, 0.25) is 0 Å². The molecule has 4 rings (SSSR count). The second kappa shape index (κ2) is 5.70. The van der Waals surface area contributed by atoms with Crippen molar-refractivity contribution in [2.45, 2.75) is 12.3 Å². The highest BCUT2D eigenvalue weighted by Gasteiger charge is 2.39. The minimum atomic E-state index is -0.640. The number of nitrogens with zero attached hydrogens (tertiary/aromatic N) is 2. The summed E-state index contributed by atoms with van der Waals surface area (Å²) in [5.74, 6) is 0.944. The molecule has 3 N–H and O–H groups in total. The molecule has 2 aromatic heterocycles. The van der Waals surface area contributed by atoms with Gasteiger partial charge in [0.2, 0.25) is 0 Å². The van der Waals surface area contributed by atoms with Gasteiger partial charge in [0.05, 0.1) is 0 Å². The molecule has 3 aromatic rings. The number of fused-ring (bicyclic) bond motifs is 1. The number of aromatic nitrogens is 2. The molecule has 114 valence electrons. The van der Waals surface area contributed by atoms with Crippen LogP contribution in [0.3, 0.4) is 0 Å². The maximum atomic E-state index is 4.39. The highest BCUT2D eigenvalue weighted by Crippen LogP contribution is 2.32. The van der Waals surface area contributed by atoms with E-state index in [1.807, 2.05) is 42.5 Å². The van der Waals surface area contributed by atoms with Gasteiger partial charge in [0, 0.05) is 24.5 Å². The Morgan fingerprint density at radius 3 is 2.00 bits per heavy atom. The number of pyridine rings is 2. The van der Waals surface area contributed by atoms with E-state index in [1.165, 1.54) is 5.56 Å². The summed E-state index contributed by atoms with van der Waals surface area (Å²) in [7, 11) is 0. The molecule has 5 heteroatoms. The maximum Gasteiger partial charge on any atom is 0.194 e. The Labute approximate surface area is 134 Å². The largest absolute Gasteiger partial charge is 0.331 e. The summed E-state index contributed by atoms with van der Waals surface area (Å²) in [6, 6.07) is 20.0. The van der Waals surface area contributed by atoms with Crippen LogP contribution in [-0.2, 0) is 12.3 Å². The van der Waals surface area contributed by atoms with E-state index in [2.05, 4.69) is 44.1 Å². The number of hydrogen-bond acceptors (Lipinski definition) is 5. The first kappa shape index (κ1) is 13.7. The molecule has 1 aliphatic rings. The summed E-state index contributed by atoms with van der Waals surface area (Å²) in [6.07, 6.45) is 3.55. The minimum Gasteiger partial charge on any atom is -0.331 e. The molecule has 0 aliphatic carbocycles. The van der Waals surface area contributed by atoms with E-state index in [1.54, 1.807) is 12.4 Å². The third-order valence-corrected chi connectivity index (χ3v) is 3.93. The summed E-state index contributed by atoms with van der Waals surface area (Å²) < 4.78 is 0. The second-order valence-electron chi connectivity index (χ2n) is 5.44. The Morgan fingerprint density at radius 1 is 0.783 bits per heavy atom. The van der Waals surface area contributed by atoms with Gasteiger partial charge >= 0.3 is 0 Å². The third-order valence-electron chi connectivity index (χ3n) is 3.93. The lowest BCUT2D eigenvalue weighted by atomic mass is 10.1. The highest BCUT2D eigenvalue weighted by atomic mass is 15.4. The first-order valence-corrected chi connectivity index (χ1v) is 7.58. The lowest BCUT2D eigenvalue weighted by Crippen LogP contribution is -2.51. The van der Waals surface area contributed by atoms with E-state index in [9.17, 15) is 0 Å². The molecular weight excluding hydrogens is 286 g/mol. The molecular formula is C18H17N5. The lowest BCUT2D eigenvalue weighted by Gasteiger charge is -2.33. The van der Waals surface area contributed by atoms with Crippen LogP contribution in [0.1, 0.15) is 11.1 Å². The van der Waals surface area contributed by atoms with Crippen molar-refractivity contribution in [1.29, 1.82) is 0 Å². The molecule has 0 saturated carbocycles. The zero-order valence-corrected chi connectivity index (χ0v) is 12.5. The topological polar surface area (TPSA) is 61.9 Å². The van der Waals surface area contributed by atoms with E-state index in [0.717, 1.165) is 23.7 Å². The number of anilines is 2. The van der Waals surface area contributed by atoms with Crippen molar-refractivity contribution in [2.75, 3.05) is 10.6 Å². The number of benzene rings is 1. The van der Waals surface area contributed by atoms with Crippen LogP contribution in [0, 0.1) is 0 Å². The second-order valence-corrected chi connectivity index (χ2v) is 5.44. The van der Waals surface area contributed by atoms with E-state index in [-0.39, 0.29) is 0 Å². The SMILES string of the molecule is c1ccc(NC2(Nc3ccccn3)NCc3ccccc32)nc1. The zero-order chi connectivity index (χ0) is 15.5. The quantitative estimate of drug-likeness (QED) is 0.647. The molecule has 0 atom stereocenters. The summed E-state index contributed by atoms with van der Waals surface area (Å²) in [5, 5.41) is 10.5. The molecule has 0 unspecified atom stereocenters. The van der Waals surface area contributed by atoms with Crippen molar-refractivity contribution in [1.82, 2.24) is 15.3 Å². The smallest absolute Gasteiger partial charge is 0.194 e. The van der Waals surface area contributed by atoms with Gasteiger partial charge in [0.25, 0.3) is 0 Å². The number of nitrogens with one attached hydrogen (secondary N) is 3. The maximum absolute atomic E-state index is 4.39. The molecule has 23 heavy (non-hydrogen) atoms. The Morgan fingerprint density at radius 2 is 1.39 bits per heavy atom. The van der Waals surface area contributed by atoms with Crippen molar-refractivity contribution in [3.63, 3.8) is 0 Å². The Balaban J connectivity index is 1.75. The Kier molecular flexibility index (Phi) is 3.40. The van der Waals surface area contributed by atoms with E-state index >= 15 is 0 Å². The monoisotopic (exact) mass is 303 g/mol.